The normalized spacial score (nSPS) is 12.3. The summed E-state index contributed by atoms with van der Waals surface area (Å²) in [5.41, 5.74) is 3.01. The van der Waals surface area contributed by atoms with Gasteiger partial charge in [-0.05, 0) is 40.0 Å². The van der Waals surface area contributed by atoms with E-state index in [1.54, 1.807) is 0 Å². The number of rotatable bonds is 1. The van der Waals surface area contributed by atoms with Crippen molar-refractivity contribution in [3.8, 4) is 0 Å². The fourth-order valence-corrected chi connectivity index (χ4v) is 2.15. The molecule has 86 valence electrons. The van der Waals surface area contributed by atoms with Gasteiger partial charge in [-0.1, -0.05) is 27.7 Å². The van der Waals surface area contributed by atoms with Gasteiger partial charge in [-0.25, -0.2) is 4.98 Å². The van der Waals surface area contributed by atoms with Crippen LogP contribution < -0.4 is 0 Å². The van der Waals surface area contributed by atoms with Crippen molar-refractivity contribution in [3.63, 3.8) is 0 Å². The maximum Gasteiger partial charge on any atom is 0.200 e. The van der Waals surface area contributed by atoms with E-state index in [0.29, 0.717) is 0 Å². The average molecular weight is 282 g/mol. The van der Waals surface area contributed by atoms with Crippen LogP contribution in [0.2, 0.25) is 0 Å². The van der Waals surface area contributed by atoms with E-state index in [1.165, 1.54) is 5.56 Å². The van der Waals surface area contributed by atoms with Crippen molar-refractivity contribution in [2.75, 3.05) is 0 Å². The van der Waals surface area contributed by atoms with Crippen molar-refractivity contribution in [1.29, 1.82) is 0 Å². The molecule has 0 aliphatic heterocycles. The van der Waals surface area contributed by atoms with Gasteiger partial charge in [0.2, 0.25) is 5.89 Å². The number of hydrogen-bond donors (Lipinski definition) is 0. The number of hydrogen-bond acceptors (Lipinski definition) is 2. The molecule has 2 nitrogen and oxygen atoms in total. The molecule has 0 saturated heterocycles. The van der Waals surface area contributed by atoms with Crippen LogP contribution in [0.1, 0.15) is 39.1 Å². The molecule has 0 fully saturated rings. The maximum atomic E-state index is 5.80. The molecule has 0 atom stereocenters. The second kappa shape index (κ2) is 3.88. The molecule has 3 heteroatoms. The molecule has 1 heterocycles. The van der Waals surface area contributed by atoms with Crippen LogP contribution in [0.25, 0.3) is 11.1 Å². The second-order valence-corrected chi connectivity index (χ2v) is 5.90. The first-order valence-electron chi connectivity index (χ1n) is 5.51. The third-order valence-electron chi connectivity index (χ3n) is 2.55. The van der Waals surface area contributed by atoms with E-state index in [2.05, 4.69) is 60.7 Å². The number of benzene rings is 1. The fourth-order valence-electron chi connectivity index (χ4n) is 1.57. The molecule has 0 saturated carbocycles. The molecule has 0 N–H and O–H groups in total. The molecule has 1 aromatic heterocycles. The molecular formula is C13H16BrNO. The third kappa shape index (κ3) is 2.01. The summed E-state index contributed by atoms with van der Waals surface area (Å²) in [6, 6.07) is 4.19. The molecule has 0 bridgehead atoms. The number of aryl methyl sites for hydroxylation is 1. The Balaban J connectivity index is 2.66. The van der Waals surface area contributed by atoms with Crippen molar-refractivity contribution in [2.24, 2.45) is 0 Å². The third-order valence-corrected chi connectivity index (χ3v) is 3.14. The number of halogens is 1. The standard InChI is InChI=1S/C13H16BrNO/c1-5-8-6-9(14)11-10(7-8)15-12(16-11)13(2,3)4/h6-7H,5H2,1-4H3. The predicted octanol–water partition coefficient (Wildman–Crippen LogP) is 4.45. The smallest absolute Gasteiger partial charge is 0.200 e. The van der Waals surface area contributed by atoms with Gasteiger partial charge in [-0.3, -0.25) is 0 Å². The van der Waals surface area contributed by atoms with E-state index in [4.69, 9.17) is 4.42 Å². The summed E-state index contributed by atoms with van der Waals surface area (Å²) in [5.74, 6) is 0.788. The van der Waals surface area contributed by atoms with Gasteiger partial charge in [-0.2, -0.15) is 0 Å². The van der Waals surface area contributed by atoms with Crippen LogP contribution in [-0.2, 0) is 11.8 Å². The summed E-state index contributed by atoms with van der Waals surface area (Å²) in [6.07, 6.45) is 1.01. The van der Waals surface area contributed by atoms with E-state index >= 15 is 0 Å². The van der Waals surface area contributed by atoms with E-state index in [1.807, 2.05) is 0 Å². The highest BCUT2D eigenvalue weighted by Gasteiger charge is 2.21. The number of nitrogens with zero attached hydrogens (tertiary/aromatic N) is 1. The van der Waals surface area contributed by atoms with Gasteiger partial charge >= 0.3 is 0 Å². The largest absolute Gasteiger partial charge is 0.439 e. The molecular weight excluding hydrogens is 266 g/mol. The Morgan fingerprint density at radius 3 is 2.56 bits per heavy atom. The van der Waals surface area contributed by atoms with E-state index in [9.17, 15) is 0 Å². The Kier molecular flexibility index (Phi) is 2.82. The first-order chi connectivity index (χ1) is 7.41. The quantitative estimate of drug-likeness (QED) is 0.772. The Morgan fingerprint density at radius 1 is 1.31 bits per heavy atom. The van der Waals surface area contributed by atoms with Crippen LogP contribution >= 0.6 is 15.9 Å². The van der Waals surface area contributed by atoms with Crippen molar-refractivity contribution < 1.29 is 4.42 Å². The maximum absolute atomic E-state index is 5.80. The summed E-state index contributed by atoms with van der Waals surface area (Å²) in [4.78, 5) is 4.56. The summed E-state index contributed by atoms with van der Waals surface area (Å²) >= 11 is 3.53. The fraction of sp³-hybridized carbons (Fsp3) is 0.462. The Hall–Kier alpha value is -0.830. The van der Waals surface area contributed by atoms with Gasteiger partial charge in [0, 0.05) is 5.41 Å². The van der Waals surface area contributed by atoms with Crippen molar-refractivity contribution in [2.45, 2.75) is 39.5 Å². The Morgan fingerprint density at radius 2 is 2.00 bits per heavy atom. The number of oxazole rings is 1. The van der Waals surface area contributed by atoms with Gasteiger partial charge in [0.1, 0.15) is 5.52 Å². The van der Waals surface area contributed by atoms with Crippen LogP contribution in [0.15, 0.2) is 21.0 Å². The molecule has 0 spiro atoms. The Bertz CT molecular complexity index is 522. The zero-order chi connectivity index (χ0) is 11.9. The SMILES string of the molecule is CCc1cc(Br)c2oc(C(C)(C)C)nc2c1. The van der Waals surface area contributed by atoms with E-state index in [-0.39, 0.29) is 5.41 Å². The van der Waals surface area contributed by atoms with Crippen LogP contribution in [0.3, 0.4) is 0 Å². The molecule has 1 aromatic carbocycles. The monoisotopic (exact) mass is 281 g/mol. The summed E-state index contributed by atoms with van der Waals surface area (Å²) in [5, 5.41) is 0. The van der Waals surface area contributed by atoms with E-state index in [0.717, 1.165) is 27.9 Å². The van der Waals surface area contributed by atoms with Crippen molar-refractivity contribution in [1.82, 2.24) is 4.98 Å². The summed E-state index contributed by atoms with van der Waals surface area (Å²) < 4.78 is 6.80. The summed E-state index contributed by atoms with van der Waals surface area (Å²) in [6.45, 7) is 8.45. The summed E-state index contributed by atoms with van der Waals surface area (Å²) in [7, 11) is 0. The van der Waals surface area contributed by atoms with Gasteiger partial charge in [-0.15, -0.1) is 0 Å². The molecule has 0 aliphatic carbocycles. The molecule has 2 rings (SSSR count). The highest BCUT2D eigenvalue weighted by molar-refractivity contribution is 9.10. The molecule has 0 unspecified atom stereocenters. The predicted molar refractivity (Wildman–Crippen MR) is 69.8 cm³/mol. The number of fused-ring (bicyclic) bond motifs is 1. The lowest BCUT2D eigenvalue weighted by Crippen LogP contribution is -2.10. The highest BCUT2D eigenvalue weighted by Crippen LogP contribution is 2.31. The zero-order valence-electron chi connectivity index (χ0n) is 10.1. The van der Waals surface area contributed by atoms with Crippen LogP contribution in [0.4, 0.5) is 0 Å². The van der Waals surface area contributed by atoms with Gasteiger partial charge in [0.25, 0.3) is 0 Å². The lowest BCUT2D eigenvalue weighted by molar-refractivity contribution is 0.410. The van der Waals surface area contributed by atoms with Crippen molar-refractivity contribution in [3.05, 3.63) is 28.1 Å². The first kappa shape index (κ1) is 11.6. The van der Waals surface area contributed by atoms with Crippen LogP contribution in [0, 0.1) is 0 Å². The molecule has 0 radical (unpaired) electrons. The minimum atomic E-state index is -0.0508. The zero-order valence-corrected chi connectivity index (χ0v) is 11.7. The molecule has 2 aromatic rings. The minimum Gasteiger partial charge on any atom is -0.439 e. The van der Waals surface area contributed by atoms with Crippen molar-refractivity contribution >= 4 is 27.0 Å². The topological polar surface area (TPSA) is 26.0 Å². The van der Waals surface area contributed by atoms with Gasteiger partial charge < -0.3 is 4.42 Å². The first-order valence-corrected chi connectivity index (χ1v) is 6.30. The number of aromatic nitrogens is 1. The highest BCUT2D eigenvalue weighted by atomic mass is 79.9. The molecule has 0 aliphatic rings. The Labute approximate surface area is 104 Å². The second-order valence-electron chi connectivity index (χ2n) is 5.05. The average Bonchev–Trinajstić information content (AvgIpc) is 2.61. The van der Waals surface area contributed by atoms with Gasteiger partial charge in [0.05, 0.1) is 4.47 Å². The molecule has 0 amide bonds. The van der Waals surface area contributed by atoms with Crippen LogP contribution in [0.5, 0.6) is 0 Å². The lowest BCUT2D eigenvalue weighted by atomic mass is 9.97. The minimum absolute atomic E-state index is 0.0508. The van der Waals surface area contributed by atoms with Gasteiger partial charge in [0.15, 0.2) is 5.58 Å². The lowest BCUT2D eigenvalue weighted by Gasteiger charge is -2.11. The molecule has 16 heavy (non-hydrogen) atoms. The van der Waals surface area contributed by atoms with Crippen LogP contribution in [-0.4, -0.2) is 4.98 Å². The van der Waals surface area contributed by atoms with E-state index < -0.39 is 0 Å².